The molecule has 4 aromatic heterocycles. The van der Waals surface area contributed by atoms with E-state index in [-0.39, 0.29) is 11.6 Å². The third kappa shape index (κ3) is 2.67. The number of nitrogens with one attached hydrogen (secondary N) is 1. The van der Waals surface area contributed by atoms with Gasteiger partial charge in [0.2, 0.25) is 5.76 Å². The van der Waals surface area contributed by atoms with Gasteiger partial charge in [0, 0.05) is 25.2 Å². The molecule has 0 aromatic carbocycles. The maximum atomic E-state index is 12.1. The van der Waals surface area contributed by atoms with Gasteiger partial charge in [0.05, 0.1) is 18.0 Å². The zero-order valence-electron chi connectivity index (χ0n) is 12.7. The molecule has 0 fully saturated rings. The second-order valence-corrected chi connectivity index (χ2v) is 5.23. The Hall–Kier alpha value is -3.35. The average Bonchev–Trinajstić information content (AvgIpc) is 3.35. The van der Waals surface area contributed by atoms with Crippen LogP contribution in [0.2, 0.25) is 0 Å². The Balaban J connectivity index is 1.38. The molecule has 0 radical (unpaired) electrons. The molecule has 120 valence electrons. The van der Waals surface area contributed by atoms with Gasteiger partial charge < -0.3 is 18.7 Å². The minimum atomic E-state index is -0.294. The summed E-state index contributed by atoms with van der Waals surface area (Å²) >= 11 is 0. The molecule has 0 spiro atoms. The number of hydrogen-bond donors (Lipinski definition) is 1. The minimum absolute atomic E-state index is 0.217. The fourth-order valence-electron chi connectivity index (χ4n) is 2.48. The highest BCUT2D eigenvalue weighted by Crippen LogP contribution is 2.20. The molecule has 0 bridgehead atoms. The molecule has 4 heterocycles. The van der Waals surface area contributed by atoms with Gasteiger partial charge in [-0.3, -0.25) is 4.79 Å². The van der Waals surface area contributed by atoms with E-state index in [1.54, 1.807) is 18.2 Å². The summed E-state index contributed by atoms with van der Waals surface area (Å²) in [5.74, 6) is 1.55. The molecule has 7 heteroatoms. The Kier molecular flexibility index (Phi) is 3.59. The van der Waals surface area contributed by atoms with Crippen molar-refractivity contribution in [1.82, 2.24) is 19.9 Å². The van der Waals surface area contributed by atoms with Gasteiger partial charge in [0.15, 0.2) is 11.5 Å². The number of hydrogen-bond acceptors (Lipinski definition) is 5. The molecule has 24 heavy (non-hydrogen) atoms. The summed E-state index contributed by atoms with van der Waals surface area (Å²) in [7, 11) is 0. The molecule has 7 nitrogen and oxygen atoms in total. The normalized spacial score (nSPS) is 11.0. The Bertz CT molecular complexity index is 969. The summed E-state index contributed by atoms with van der Waals surface area (Å²) in [6, 6.07) is 10.9. The minimum Gasteiger partial charge on any atom is -0.461 e. The monoisotopic (exact) mass is 322 g/mol. The molecule has 0 aliphatic rings. The molecule has 0 saturated carbocycles. The highest BCUT2D eigenvalue weighted by atomic mass is 16.5. The number of imidazole rings is 1. The van der Waals surface area contributed by atoms with Crippen LogP contribution in [0, 0.1) is 0 Å². The van der Waals surface area contributed by atoms with Crippen molar-refractivity contribution in [3.8, 4) is 11.5 Å². The number of fused-ring (bicyclic) bond motifs is 1. The Morgan fingerprint density at radius 3 is 3.04 bits per heavy atom. The van der Waals surface area contributed by atoms with Gasteiger partial charge in [-0.25, -0.2) is 4.98 Å². The van der Waals surface area contributed by atoms with Crippen molar-refractivity contribution < 1.29 is 13.7 Å². The van der Waals surface area contributed by atoms with E-state index in [0.29, 0.717) is 24.5 Å². The van der Waals surface area contributed by atoms with Gasteiger partial charge in [-0.2, -0.15) is 0 Å². The molecule has 0 atom stereocenters. The van der Waals surface area contributed by atoms with Gasteiger partial charge in [0.1, 0.15) is 5.82 Å². The van der Waals surface area contributed by atoms with E-state index in [2.05, 4.69) is 15.5 Å². The number of carbonyl (C=O) groups excluding carboxylic acids is 1. The predicted octanol–water partition coefficient (Wildman–Crippen LogP) is 2.55. The Morgan fingerprint density at radius 2 is 2.17 bits per heavy atom. The second-order valence-electron chi connectivity index (χ2n) is 5.23. The zero-order valence-corrected chi connectivity index (χ0v) is 12.7. The number of furan rings is 1. The van der Waals surface area contributed by atoms with E-state index in [1.165, 1.54) is 6.26 Å². The summed E-state index contributed by atoms with van der Waals surface area (Å²) in [6.07, 6.45) is 5.91. The van der Waals surface area contributed by atoms with Crippen LogP contribution < -0.4 is 5.32 Å². The molecule has 4 aromatic rings. The molecular formula is C17H14N4O3. The van der Waals surface area contributed by atoms with Crippen LogP contribution in [0.4, 0.5) is 0 Å². The van der Waals surface area contributed by atoms with Crippen LogP contribution in [-0.2, 0) is 6.42 Å². The number of rotatable bonds is 5. The lowest BCUT2D eigenvalue weighted by Gasteiger charge is -2.03. The van der Waals surface area contributed by atoms with Crippen LogP contribution >= 0.6 is 0 Å². The van der Waals surface area contributed by atoms with Gasteiger partial charge in [0.25, 0.3) is 5.91 Å². The lowest BCUT2D eigenvalue weighted by Crippen LogP contribution is -2.26. The molecule has 1 amide bonds. The Morgan fingerprint density at radius 1 is 1.21 bits per heavy atom. The summed E-state index contributed by atoms with van der Waals surface area (Å²) in [6.45, 7) is 0.454. The standard InChI is InChI=1S/C17H14N4O3/c22-17(13-10-15(24-20-13)14-5-3-9-23-14)18-7-6-16-19-11-12-4-1-2-8-21(12)16/h1-5,8-11H,6-7H2,(H,18,22). The van der Waals surface area contributed by atoms with Crippen LogP contribution in [0.3, 0.4) is 0 Å². The van der Waals surface area contributed by atoms with Crippen molar-refractivity contribution in [2.24, 2.45) is 0 Å². The van der Waals surface area contributed by atoms with Crippen LogP contribution in [0.25, 0.3) is 17.0 Å². The van der Waals surface area contributed by atoms with Gasteiger partial charge in [-0.1, -0.05) is 11.2 Å². The molecule has 0 unspecified atom stereocenters. The van der Waals surface area contributed by atoms with Gasteiger partial charge in [-0.05, 0) is 24.3 Å². The first-order valence-electron chi connectivity index (χ1n) is 7.51. The SMILES string of the molecule is O=C(NCCc1ncc2ccccn12)c1cc(-c2ccco2)on1. The first-order chi connectivity index (χ1) is 11.8. The van der Waals surface area contributed by atoms with E-state index in [9.17, 15) is 4.79 Å². The first-order valence-corrected chi connectivity index (χ1v) is 7.51. The van der Waals surface area contributed by atoms with Crippen LogP contribution in [0.5, 0.6) is 0 Å². The third-order valence-corrected chi connectivity index (χ3v) is 3.66. The predicted molar refractivity (Wildman–Crippen MR) is 85.4 cm³/mol. The molecule has 0 aliphatic heterocycles. The number of nitrogens with zero attached hydrogens (tertiary/aromatic N) is 3. The summed E-state index contributed by atoms with van der Waals surface area (Å²) < 4.78 is 12.3. The van der Waals surface area contributed by atoms with E-state index in [1.807, 2.05) is 35.0 Å². The fraction of sp³-hybridized carbons (Fsp3) is 0.118. The third-order valence-electron chi connectivity index (χ3n) is 3.66. The Labute approximate surface area is 136 Å². The lowest BCUT2D eigenvalue weighted by atomic mass is 10.3. The molecule has 1 N–H and O–H groups in total. The maximum absolute atomic E-state index is 12.1. The van der Waals surface area contributed by atoms with Gasteiger partial charge in [-0.15, -0.1) is 0 Å². The maximum Gasteiger partial charge on any atom is 0.273 e. The second kappa shape index (κ2) is 6.04. The van der Waals surface area contributed by atoms with E-state index < -0.39 is 0 Å². The van der Waals surface area contributed by atoms with Gasteiger partial charge >= 0.3 is 0 Å². The number of amides is 1. The number of carbonyl (C=O) groups is 1. The first kappa shape index (κ1) is 14.3. The topological polar surface area (TPSA) is 85.6 Å². The fourth-order valence-corrected chi connectivity index (χ4v) is 2.48. The van der Waals surface area contributed by atoms with Crippen molar-refractivity contribution in [2.75, 3.05) is 6.54 Å². The number of pyridine rings is 1. The van der Waals surface area contributed by atoms with Crippen LogP contribution in [0.1, 0.15) is 16.3 Å². The molecule has 0 aliphatic carbocycles. The lowest BCUT2D eigenvalue weighted by molar-refractivity contribution is 0.0945. The molecule has 4 rings (SSSR count). The van der Waals surface area contributed by atoms with E-state index in [4.69, 9.17) is 8.94 Å². The smallest absolute Gasteiger partial charge is 0.273 e. The summed E-state index contributed by atoms with van der Waals surface area (Å²) in [4.78, 5) is 16.5. The largest absolute Gasteiger partial charge is 0.461 e. The van der Waals surface area contributed by atoms with E-state index >= 15 is 0 Å². The van der Waals surface area contributed by atoms with Crippen molar-refractivity contribution in [2.45, 2.75) is 6.42 Å². The van der Waals surface area contributed by atoms with Crippen molar-refractivity contribution >= 4 is 11.4 Å². The van der Waals surface area contributed by atoms with Crippen LogP contribution in [0.15, 0.2) is 64.0 Å². The van der Waals surface area contributed by atoms with Crippen molar-refractivity contribution in [3.63, 3.8) is 0 Å². The van der Waals surface area contributed by atoms with Crippen molar-refractivity contribution in [1.29, 1.82) is 0 Å². The summed E-state index contributed by atoms with van der Waals surface area (Å²) in [5, 5.41) is 6.58. The highest BCUT2D eigenvalue weighted by Gasteiger charge is 2.15. The quantitative estimate of drug-likeness (QED) is 0.610. The zero-order chi connectivity index (χ0) is 16.4. The highest BCUT2D eigenvalue weighted by molar-refractivity contribution is 5.92. The average molecular weight is 322 g/mol. The molecular weight excluding hydrogens is 308 g/mol. The number of aromatic nitrogens is 3. The van der Waals surface area contributed by atoms with E-state index in [0.717, 1.165) is 11.3 Å². The molecule has 0 saturated heterocycles. The van der Waals surface area contributed by atoms with Crippen molar-refractivity contribution in [3.05, 3.63) is 66.6 Å². The summed E-state index contributed by atoms with van der Waals surface area (Å²) in [5.41, 5.74) is 1.24. The van der Waals surface area contributed by atoms with Crippen LogP contribution in [-0.4, -0.2) is 27.0 Å².